The zero-order valence-corrected chi connectivity index (χ0v) is 22.0. The van der Waals surface area contributed by atoms with Crippen LogP contribution in [-0.4, -0.2) is 40.0 Å². The number of amides is 1. The van der Waals surface area contributed by atoms with Gasteiger partial charge in [-0.1, -0.05) is 31.5 Å². The molecule has 0 spiro atoms. The third-order valence-electron chi connectivity index (χ3n) is 7.37. The van der Waals surface area contributed by atoms with Crippen molar-refractivity contribution in [3.8, 4) is 5.75 Å². The van der Waals surface area contributed by atoms with Crippen LogP contribution in [0.2, 0.25) is 0 Å². The lowest BCUT2D eigenvalue weighted by atomic mass is 9.94. The topological polar surface area (TPSA) is 67.3 Å². The standard InChI is InChI=1S/C29H33F3N4O2/c1-4-6-21-25(18-9-10-18)24(38-20-11-12-36(15-20)17(3)37)13-23-27(21)34-16(2)35-29(23)33-14-19-7-5-8-22(26(19)30)28(31)32/h5,7-8,13,18,20,28H,4,6,9-12,14-15H2,1-3H3,(H,33,34,35). The molecule has 1 aliphatic carbocycles. The molecule has 0 radical (unpaired) electrons. The molecule has 9 heteroatoms. The molecule has 202 valence electrons. The molecule has 6 nitrogen and oxygen atoms in total. The molecule has 2 aromatic carbocycles. The predicted octanol–water partition coefficient (Wildman–Crippen LogP) is 6.46. The van der Waals surface area contributed by atoms with Crippen molar-refractivity contribution in [3.63, 3.8) is 0 Å². The van der Waals surface area contributed by atoms with Crippen LogP contribution in [-0.2, 0) is 17.8 Å². The van der Waals surface area contributed by atoms with E-state index >= 15 is 0 Å². The van der Waals surface area contributed by atoms with Gasteiger partial charge in [0.15, 0.2) is 0 Å². The molecular weight excluding hydrogens is 493 g/mol. The van der Waals surface area contributed by atoms with Crippen molar-refractivity contribution < 1.29 is 22.7 Å². The number of alkyl halides is 2. The number of hydrogen-bond donors (Lipinski definition) is 1. The van der Waals surface area contributed by atoms with Crippen LogP contribution in [0.1, 0.15) is 80.0 Å². The van der Waals surface area contributed by atoms with E-state index in [1.54, 1.807) is 11.8 Å². The number of nitrogens with one attached hydrogen (secondary N) is 1. The van der Waals surface area contributed by atoms with E-state index in [9.17, 15) is 18.0 Å². The highest BCUT2D eigenvalue weighted by atomic mass is 19.3. The molecule has 2 heterocycles. The quantitative estimate of drug-likeness (QED) is 0.347. The molecule has 1 N–H and O–H groups in total. The van der Waals surface area contributed by atoms with Crippen LogP contribution in [0.5, 0.6) is 5.75 Å². The third kappa shape index (κ3) is 5.28. The Morgan fingerprint density at radius 3 is 2.68 bits per heavy atom. The van der Waals surface area contributed by atoms with Gasteiger partial charge in [-0.2, -0.15) is 0 Å². The Bertz CT molecular complexity index is 1360. The first-order valence-electron chi connectivity index (χ1n) is 13.3. The average Bonchev–Trinajstić information content (AvgIpc) is 3.60. The number of hydrogen-bond acceptors (Lipinski definition) is 5. The summed E-state index contributed by atoms with van der Waals surface area (Å²) in [4.78, 5) is 23.1. The maximum Gasteiger partial charge on any atom is 0.266 e. The monoisotopic (exact) mass is 526 g/mol. The van der Waals surface area contributed by atoms with Gasteiger partial charge in [0.1, 0.15) is 29.3 Å². The van der Waals surface area contributed by atoms with E-state index in [1.165, 1.54) is 17.7 Å². The first kappa shape index (κ1) is 26.3. The largest absolute Gasteiger partial charge is 0.488 e. The Labute approximate surface area is 220 Å². The van der Waals surface area contributed by atoms with Gasteiger partial charge >= 0.3 is 0 Å². The second-order valence-electron chi connectivity index (χ2n) is 10.3. The van der Waals surface area contributed by atoms with Crippen LogP contribution < -0.4 is 10.1 Å². The van der Waals surface area contributed by atoms with Gasteiger partial charge in [0, 0.05) is 42.9 Å². The number of aryl methyl sites for hydroxylation is 2. The Morgan fingerprint density at radius 2 is 2.03 bits per heavy atom. The van der Waals surface area contributed by atoms with Gasteiger partial charge in [0.2, 0.25) is 5.91 Å². The summed E-state index contributed by atoms with van der Waals surface area (Å²) >= 11 is 0. The van der Waals surface area contributed by atoms with Crippen LogP contribution in [0.15, 0.2) is 24.3 Å². The Hall–Kier alpha value is -3.36. The highest BCUT2D eigenvalue weighted by molar-refractivity contribution is 5.94. The maximum absolute atomic E-state index is 14.7. The van der Waals surface area contributed by atoms with Gasteiger partial charge in [-0.25, -0.2) is 23.1 Å². The second kappa shape index (κ2) is 10.8. The minimum atomic E-state index is -2.89. The van der Waals surface area contributed by atoms with Crippen molar-refractivity contribution in [1.82, 2.24) is 14.9 Å². The first-order chi connectivity index (χ1) is 18.3. The van der Waals surface area contributed by atoms with E-state index in [1.807, 2.05) is 13.0 Å². The van der Waals surface area contributed by atoms with Gasteiger partial charge in [0.25, 0.3) is 6.43 Å². The number of fused-ring (bicyclic) bond motifs is 1. The molecule has 1 saturated heterocycles. The first-order valence-corrected chi connectivity index (χ1v) is 13.3. The fourth-order valence-corrected chi connectivity index (χ4v) is 5.36. The van der Waals surface area contributed by atoms with E-state index in [0.717, 1.165) is 60.4 Å². The van der Waals surface area contributed by atoms with E-state index in [-0.39, 0.29) is 24.1 Å². The number of ether oxygens (including phenoxy) is 1. The highest BCUT2D eigenvalue weighted by Gasteiger charge is 2.34. The summed E-state index contributed by atoms with van der Waals surface area (Å²) in [5, 5.41) is 3.94. The third-order valence-corrected chi connectivity index (χ3v) is 7.37. The van der Waals surface area contributed by atoms with E-state index in [4.69, 9.17) is 9.72 Å². The van der Waals surface area contributed by atoms with Crippen LogP contribution in [0.25, 0.3) is 10.9 Å². The van der Waals surface area contributed by atoms with Crippen molar-refractivity contribution in [2.45, 2.75) is 77.9 Å². The lowest BCUT2D eigenvalue weighted by Gasteiger charge is -2.22. The number of halogens is 3. The van der Waals surface area contributed by atoms with Gasteiger partial charge in [-0.05, 0) is 43.7 Å². The summed E-state index contributed by atoms with van der Waals surface area (Å²) in [5.41, 5.74) is 2.71. The van der Waals surface area contributed by atoms with Crippen LogP contribution >= 0.6 is 0 Å². The number of carbonyl (C=O) groups is 1. The van der Waals surface area contributed by atoms with Crippen molar-refractivity contribution in [2.24, 2.45) is 0 Å². The number of aromatic nitrogens is 2. The molecule has 2 aliphatic rings. The molecule has 0 bridgehead atoms. The summed E-state index contributed by atoms with van der Waals surface area (Å²) in [6, 6.07) is 5.99. The highest BCUT2D eigenvalue weighted by Crippen LogP contribution is 2.49. The summed E-state index contributed by atoms with van der Waals surface area (Å²) in [6.45, 7) is 6.74. The summed E-state index contributed by atoms with van der Waals surface area (Å²) in [5.74, 6) is 1.42. The molecule has 5 rings (SSSR count). The molecule has 1 saturated carbocycles. The Kier molecular flexibility index (Phi) is 7.45. The number of rotatable bonds is 9. The van der Waals surface area contributed by atoms with E-state index < -0.39 is 17.8 Å². The van der Waals surface area contributed by atoms with Crippen molar-refractivity contribution >= 4 is 22.6 Å². The molecule has 1 aromatic heterocycles. The molecular formula is C29H33F3N4O2. The predicted molar refractivity (Wildman–Crippen MR) is 140 cm³/mol. The number of carbonyl (C=O) groups excluding carboxylic acids is 1. The zero-order chi connectivity index (χ0) is 27.0. The smallest absolute Gasteiger partial charge is 0.266 e. The number of benzene rings is 2. The molecule has 1 unspecified atom stereocenters. The lowest BCUT2D eigenvalue weighted by molar-refractivity contribution is -0.128. The summed E-state index contributed by atoms with van der Waals surface area (Å²) in [6.07, 6.45) is 1.72. The molecule has 1 atom stereocenters. The van der Waals surface area contributed by atoms with Gasteiger partial charge in [-0.15, -0.1) is 0 Å². The summed E-state index contributed by atoms with van der Waals surface area (Å²) in [7, 11) is 0. The van der Waals surface area contributed by atoms with Crippen LogP contribution in [0, 0.1) is 12.7 Å². The lowest BCUT2D eigenvalue weighted by Crippen LogP contribution is -2.28. The average molecular weight is 527 g/mol. The SMILES string of the molecule is CCCc1c(C2CC2)c(OC2CCN(C(C)=O)C2)cc2c(NCc3cccc(C(F)F)c3F)nc(C)nc12. The molecule has 3 aromatic rings. The molecule has 1 amide bonds. The number of anilines is 1. The minimum Gasteiger partial charge on any atom is -0.488 e. The fourth-order valence-electron chi connectivity index (χ4n) is 5.36. The van der Waals surface area contributed by atoms with Gasteiger partial charge in [-0.3, -0.25) is 4.79 Å². The molecule has 38 heavy (non-hydrogen) atoms. The Balaban J connectivity index is 1.55. The fraction of sp³-hybridized carbons (Fsp3) is 0.483. The minimum absolute atomic E-state index is 0.00216. The van der Waals surface area contributed by atoms with Crippen LogP contribution in [0.3, 0.4) is 0 Å². The number of nitrogens with zero attached hydrogens (tertiary/aromatic N) is 3. The maximum atomic E-state index is 14.7. The van der Waals surface area contributed by atoms with E-state index in [2.05, 4.69) is 17.2 Å². The molecule has 1 aliphatic heterocycles. The van der Waals surface area contributed by atoms with Crippen molar-refractivity contribution in [2.75, 3.05) is 18.4 Å². The second-order valence-corrected chi connectivity index (χ2v) is 10.3. The molecule has 2 fully saturated rings. The number of likely N-dealkylation sites (tertiary alicyclic amines) is 1. The van der Waals surface area contributed by atoms with E-state index in [0.29, 0.717) is 30.6 Å². The van der Waals surface area contributed by atoms with Crippen LogP contribution in [0.4, 0.5) is 19.0 Å². The van der Waals surface area contributed by atoms with Gasteiger partial charge in [0.05, 0.1) is 17.6 Å². The Morgan fingerprint density at radius 1 is 1.24 bits per heavy atom. The zero-order valence-electron chi connectivity index (χ0n) is 22.0. The van der Waals surface area contributed by atoms with Crippen molar-refractivity contribution in [3.05, 3.63) is 58.2 Å². The van der Waals surface area contributed by atoms with Gasteiger partial charge < -0.3 is 15.0 Å². The summed E-state index contributed by atoms with van der Waals surface area (Å²) < 4.78 is 47.7. The normalized spacial score (nSPS) is 17.4. The van der Waals surface area contributed by atoms with Crippen molar-refractivity contribution in [1.29, 1.82) is 0 Å².